The summed E-state index contributed by atoms with van der Waals surface area (Å²) in [6.07, 6.45) is 0. The van der Waals surface area contributed by atoms with E-state index in [-0.39, 0.29) is 11.9 Å². The zero-order valence-corrected chi connectivity index (χ0v) is 10.6. The molecule has 0 radical (unpaired) electrons. The third kappa shape index (κ3) is 2.02. The van der Waals surface area contributed by atoms with Crippen LogP contribution >= 0.6 is 0 Å². The average Bonchev–Trinajstić information content (AvgIpc) is 2.85. The van der Waals surface area contributed by atoms with Crippen molar-refractivity contribution in [3.8, 4) is 0 Å². The Hall–Kier alpha value is -1.39. The lowest BCUT2D eigenvalue weighted by Gasteiger charge is -2.34. The minimum absolute atomic E-state index is 0.138. The third-order valence-electron chi connectivity index (χ3n) is 3.73. The van der Waals surface area contributed by atoms with Crippen LogP contribution in [0.3, 0.4) is 0 Å². The number of nitrogens with one attached hydrogen (secondary N) is 1. The van der Waals surface area contributed by atoms with Gasteiger partial charge in [0.25, 0.3) is 5.91 Å². The van der Waals surface area contributed by atoms with Gasteiger partial charge in [0.15, 0.2) is 0 Å². The van der Waals surface area contributed by atoms with Gasteiger partial charge in [-0.05, 0) is 30.2 Å². The maximum absolute atomic E-state index is 12.5. The number of amides is 1. The molecule has 1 aromatic carbocycles. The molecule has 1 saturated heterocycles. The Labute approximate surface area is 107 Å². The molecule has 0 unspecified atom stereocenters. The minimum Gasteiger partial charge on any atom is -0.372 e. The van der Waals surface area contributed by atoms with Crippen LogP contribution in [0.1, 0.15) is 28.4 Å². The van der Waals surface area contributed by atoms with Crippen molar-refractivity contribution in [2.45, 2.75) is 26.2 Å². The van der Waals surface area contributed by atoms with Crippen LogP contribution in [0.4, 0.5) is 0 Å². The number of piperazine rings is 1. The second-order valence-electron chi connectivity index (χ2n) is 5.03. The van der Waals surface area contributed by atoms with Crippen molar-refractivity contribution in [2.24, 2.45) is 0 Å². The molecule has 1 fully saturated rings. The van der Waals surface area contributed by atoms with Crippen LogP contribution < -0.4 is 5.32 Å². The highest BCUT2D eigenvalue weighted by Gasteiger charge is 2.24. The highest BCUT2D eigenvalue weighted by molar-refractivity contribution is 5.94. The second-order valence-corrected chi connectivity index (χ2v) is 5.03. The summed E-state index contributed by atoms with van der Waals surface area (Å²) < 4.78 is 5.38. The van der Waals surface area contributed by atoms with Crippen LogP contribution in [0.25, 0.3) is 0 Å². The van der Waals surface area contributed by atoms with Crippen molar-refractivity contribution >= 4 is 5.91 Å². The summed E-state index contributed by atoms with van der Waals surface area (Å²) in [6, 6.07) is 6.18. The Morgan fingerprint density at radius 1 is 1.39 bits per heavy atom. The molecule has 3 rings (SSSR count). The maximum atomic E-state index is 12.5. The lowest BCUT2D eigenvalue weighted by molar-refractivity contribution is 0.0655. The fourth-order valence-electron chi connectivity index (χ4n) is 2.61. The number of hydrogen-bond donors (Lipinski definition) is 1. The number of carbonyl (C=O) groups excluding carboxylic acids is 1. The van der Waals surface area contributed by atoms with Crippen LogP contribution in [0, 0.1) is 0 Å². The normalized spacial score (nSPS) is 22.9. The number of hydrogen-bond acceptors (Lipinski definition) is 3. The number of rotatable bonds is 1. The highest BCUT2D eigenvalue weighted by Crippen LogP contribution is 2.22. The van der Waals surface area contributed by atoms with Crippen LogP contribution in [-0.2, 0) is 18.0 Å². The first-order valence-electron chi connectivity index (χ1n) is 6.47. The van der Waals surface area contributed by atoms with Crippen molar-refractivity contribution in [1.29, 1.82) is 0 Å². The molecule has 2 aliphatic heterocycles. The summed E-state index contributed by atoms with van der Waals surface area (Å²) in [6.45, 7) is 5.93. The maximum Gasteiger partial charge on any atom is 0.254 e. The molecule has 1 aromatic rings. The van der Waals surface area contributed by atoms with Gasteiger partial charge in [0.05, 0.1) is 13.2 Å². The first-order valence-corrected chi connectivity index (χ1v) is 6.47. The van der Waals surface area contributed by atoms with E-state index >= 15 is 0 Å². The molecule has 2 heterocycles. The van der Waals surface area contributed by atoms with E-state index in [1.807, 2.05) is 23.1 Å². The predicted molar refractivity (Wildman–Crippen MR) is 68.3 cm³/mol. The zero-order valence-electron chi connectivity index (χ0n) is 10.6. The van der Waals surface area contributed by atoms with E-state index in [0.717, 1.165) is 30.8 Å². The van der Waals surface area contributed by atoms with E-state index in [2.05, 4.69) is 12.2 Å². The highest BCUT2D eigenvalue weighted by atomic mass is 16.5. The van der Waals surface area contributed by atoms with Crippen molar-refractivity contribution in [1.82, 2.24) is 10.2 Å². The minimum atomic E-state index is 0.138. The molecule has 2 aliphatic rings. The van der Waals surface area contributed by atoms with E-state index in [4.69, 9.17) is 4.74 Å². The third-order valence-corrected chi connectivity index (χ3v) is 3.73. The van der Waals surface area contributed by atoms with Crippen LogP contribution in [0.2, 0.25) is 0 Å². The number of benzene rings is 1. The van der Waals surface area contributed by atoms with Gasteiger partial charge in [0, 0.05) is 31.2 Å². The van der Waals surface area contributed by atoms with Gasteiger partial charge in [-0.15, -0.1) is 0 Å². The van der Waals surface area contributed by atoms with Crippen molar-refractivity contribution in [2.75, 3.05) is 19.6 Å². The first kappa shape index (κ1) is 11.7. The van der Waals surface area contributed by atoms with E-state index in [9.17, 15) is 4.79 Å². The molecule has 0 bridgehead atoms. The predicted octanol–water partition coefficient (Wildman–Crippen LogP) is 1.15. The van der Waals surface area contributed by atoms with Crippen LogP contribution in [0.15, 0.2) is 18.2 Å². The molecule has 1 atom stereocenters. The standard InChI is InChI=1S/C14H18N2O2/c1-10-7-15-4-5-16(10)14(17)11-2-3-12-8-18-9-13(12)6-11/h2-3,6,10,15H,4-5,7-9H2,1H3/t10-/m1/s1. The van der Waals surface area contributed by atoms with Gasteiger partial charge in [-0.3, -0.25) is 4.79 Å². The van der Waals surface area contributed by atoms with Gasteiger partial charge in [0.2, 0.25) is 0 Å². The summed E-state index contributed by atoms with van der Waals surface area (Å²) in [7, 11) is 0. The molecule has 0 aromatic heterocycles. The number of carbonyl (C=O) groups is 1. The van der Waals surface area contributed by atoms with Crippen molar-refractivity contribution in [3.05, 3.63) is 34.9 Å². The van der Waals surface area contributed by atoms with E-state index in [1.165, 1.54) is 5.56 Å². The topological polar surface area (TPSA) is 41.6 Å². The molecule has 96 valence electrons. The number of nitrogens with zero attached hydrogens (tertiary/aromatic N) is 1. The van der Waals surface area contributed by atoms with Gasteiger partial charge < -0.3 is 15.0 Å². The van der Waals surface area contributed by atoms with Crippen molar-refractivity contribution in [3.63, 3.8) is 0 Å². The van der Waals surface area contributed by atoms with Crippen LogP contribution in [-0.4, -0.2) is 36.5 Å². The zero-order chi connectivity index (χ0) is 12.5. The first-order chi connectivity index (χ1) is 8.75. The molecule has 0 aliphatic carbocycles. The SMILES string of the molecule is C[C@@H]1CNCCN1C(=O)c1ccc2c(c1)COC2. The Balaban J connectivity index is 1.83. The fourth-order valence-corrected chi connectivity index (χ4v) is 2.61. The fraction of sp³-hybridized carbons (Fsp3) is 0.500. The quantitative estimate of drug-likeness (QED) is 0.808. The monoisotopic (exact) mass is 246 g/mol. The summed E-state index contributed by atoms with van der Waals surface area (Å²) >= 11 is 0. The molecule has 4 nitrogen and oxygen atoms in total. The molecule has 0 saturated carbocycles. The Morgan fingerprint density at radius 2 is 2.22 bits per heavy atom. The van der Waals surface area contributed by atoms with E-state index in [1.54, 1.807) is 0 Å². The van der Waals surface area contributed by atoms with Crippen LogP contribution in [0.5, 0.6) is 0 Å². The van der Waals surface area contributed by atoms with Crippen molar-refractivity contribution < 1.29 is 9.53 Å². The van der Waals surface area contributed by atoms with Gasteiger partial charge in [0.1, 0.15) is 0 Å². The van der Waals surface area contributed by atoms with E-state index < -0.39 is 0 Å². The lowest BCUT2D eigenvalue weighted by atomic mass is 10.0. The van der Waals surface area contributed by atoms with Gasteiger partial charge >= 0.3 is 0 Å². The molecule has 1 N–H and O–H groups in total. The number of fused-ring (bicyclic) bond motifs is 1. The lowest BCUT2D eigenvalue weighted by Crippen LogP contribution is -2.52. The Kier molecular flexibility index (Phi) is 3.06. The second kappa shape index (κ2) is 4.71. The summed E-state index contributed by atoms with van der Waals surface area (Å²) in [5.41, 5.74) is 3.15. The molecule has 4 heteroatoms. The van der Waals surface area contributed by atoms with Gasteiger partial charge in [-0.1, -0.05) is 6.07 Å². The van der Waals surface area contributed by atoms with Gasteiger partial charge in [-0.2, -0.15) is 0 Å². The molecule has 18 heavy (non-hydrogen) atoms. The summed E-state index contributed by atoms with van der Waals surface area (Å²) in [5.74, 6) is 0.138. The molecular weight excluding hydrogens is 228 g/mol. The summed E-state index contributed by atoms with van der Waals surface area (Å²) in [5, 5.41) is 3.30. The average molecular weight is 246 g/mol. The molecule has 1 amide bonds. The molecule has 0 spiro atoms. The Bertz CT molecular complexity index is 473. The van der Waals surface area contributed by atoms with Gasteiger partial charge in [-0.25, -0.2) is 0 Å². The largest absolute Gasteiger partial charge is 0.372 e. The Morgan fingerprint density at radius 3 is 3.06 bits per heavy atom. The smallest absolute Gasteiger partial charge is 0.254 e. The van der Waals surface area contributed by atoms with E-state index in [0.29, 0.717) is 13.2 Å². The molecular formula is C14H18N2O2. The summed E-state index contributed by atoms with van der Waals surface area (Å²) in [4.78, 5) is 14.4. The number of ether oxygens (including phenoxy) is 1.